The van der Waals surface area contributed by atoms with Gasteiger partial charge in [0, 0.05) is 5.71 Å². The first-order valence-corrected chi connectivity index (χ1v) is 8.23. The predicted octanol–water partition coefficient (Wildman–Crippen LogP) is 2.71. The van der Waals surface area contributed by atoms with Gasteiger partial charge < -0.3 is 14.6 Å². The molecule has 0 aromatic heterocycles. The Labute approximate surface area is 148 Å². The minimum Gasteiger partial charge on any atom is -0.497 e. The van der Waals surface area contributed by atoms with E-state index in [2.05, 4.69) is 5.10 Å². The lowest BCUT2D eigenvalue weighted by atomic mass is 9.80. The molecule has 142 valence electrons. The van der Waals surface area contributed by atoms with Crippen LogP contribution in [0, 0.1) is 5.92 Å². The Bertz CT molecular complexity index is 705. The number of fused-ring (bicyclic) bond motifs is 1. The molecule has 0 spiro atoms. The summed E-state index contributed by atoms with van der Waals surface area (Å²) in [6, 6.07) is 6.24. The lowest BCUT2D eigenvalue weighted by molar-refractivity contribution is -0.317. The van der Waals surface area contributed by atoms with Crippen molar-refractivity contribution >= 4 is 11.6 Å². The van der Waals surface area contributed by atoms with Crippen molar-refractivity contribution in [3.8, 4) is 11.5 Å². The van der Waals surface area contributed by atoms with Crippen LogP contribution in [0.25, 0.3) is 0 Å². The molecule has 3 rings (SSSR count). The molecule has 6 nitrogen and oxygen atoms in total. The summed E-state index contributed by atoms with van der Waals surface area (Å²) in [5, 5.41) is 14.4. The number of methoxy groups -OCH3 is 1. The Morgan fingerprint density at radius 1 is 1.31 bits per heavy atom. The maximum absolute atomic E-state index is 13.6. The second-order valence-electron chi connectivity index (χ2n) is 6.28. The van der Waals surface area contributed by atoms with E-state index in [0.717, 1.165) is 0 Å². The van der Waals surface area contributed by atoms with Gasteiger partial charge >= 0.3 is 6.18 Å². The topological polar surface area (TPSA) is 71.4 Å². The molecule has 0 radical (unpaired) electrons. The molecule has 1 aromatic carbocycles. The van der Waals surface area contributed by atoms with Crippen LogP contribution < -0.4 is 9.47 Å². The van der Waals surface area contributed by atoms with Gasteiger partial charge in [-0.3, -0.25) is 4.79 Å². The number of carbonyl (C=O) groups is 1. The van der Waals surface area contributed by atoms with Crippen molar-refractivity contribution in [2.45, 2.75) is 37.6 Å². The third kappa shape index (κ3) is 3.11. The highest BCUT2D eigenvalue weighted by molar-refractivity contribution is 5.93. The van der Waals surface area contributed by atoms with Crippen molar-refractivity contribution in [1.29, 1.82) is 0 Å². The number of carbonyl (C=O) groups excluding carboxylic acids is 1. The zero-order valence-electron chi connectivity index (χ0n) is 14.1. The molecule has 0 saturated heterocycles. The number of benzene rings is 1. The van der Waals surface area contributed by atoms with Crippen LogP contribution in [0.4, 0.5) is 13.2 Å². The van der Waals surface area contributed by atoms with Gasteiger partial charge in [0.1, 0.15) is 11.5 Å². The standard InChI is InChI=1S/C17H19F3N2O4/c1-25-11-6-8-12(9-7-11)26-10-15(23)22-16(24,17(18,19)20)13-4-2-3-5-14(13)21-22/h6-9,13,24H,2-5,10H2,1H3/t13-,16+/m1/s1. The van der Waals surface area contributed by atoms with Gasteiger partial charge in [0.2, 0.25) is 0 Å². The monoisotopic (exact) mass is 372 g/mol. The number of ether oxygens (including phenoxy) is 2. The van der Waals surface area contributed by atoms with Crippen LogP contribution in [0.1, 0.15) is 25.7 Å². The summed E-state index contributed by atoms with van der Waals surface area (Å²) in [7, 11) is 1.49. The second kappa shape index (κ2) is 6.79. The summed E-state index contributed by atoms with van der Waals surface area (Å²) < 4.78 is 51.0. The van der Waals surface area contributed by atoms with Crippen LogP contribution in [0.15, 0.2) is 29.4 Å². The Kier molecular flexibility index (Phi) is 4.83. The van der Waals surface area contributed by atoms with E-state index in [9.17, 15) is 23.1 Å². The molecule has 1 fully saturated rings. The number of halogens is 3. The third-order valence-corrected chi connectivity index (χ3v) is 4.69. The Morgan fingerprint density at radius 2 is 1.96 bits per heavy atom. The van der Waals surface area contributed by atoms with Crippen LogP contribution in [0.3, 0.4) is 0 Å². The molecule has 1 amide bonds. The van der Waals surface area contributed by atoms with Crippen LogP contribution >= 0.6 is 0 Å². The zero-order chi connectivity index (χ0) is 18.9. The molecular weight excluding hydrogens is 353 g/mol. The third-order valence-electron chi connectivity index (χ3n) is 4.69. The van der Waals surface area contributed by atoms with Gasteiger partial charge in [-0.25, -0.2) is 0 Å². The highest BCUT2D eigenvalue weighted by Gasteiger charge is 2.68. The number of hydrogen-bond donors (Lipinski definition) is 1. The highest BCUT2D eigenvalue weighted by Crippen LogP contribution is 2.48. The molecule has 2 atom stereocenters. The average molecular weight is 372 g/mol. The van der Waals surface area contributed by atoms with E-state index < -0.39 is 30.3 Å². The van der Waals surface area contributed by atoms with E-state index in [1.807, 2.05) is 0 Å². The summed E-state index contributed by atoms with van der Waals surface area (Å²) in [4.78, 5) is 12.4. The summed E-state index contributed by atoms with van der Waals surface area (Å²) in [6.45, 7) is -0.672. The predicted molar refractivity (Wildman–Crippen MR) is 85.7 cm³/mol. The fraction of sp³-hybridized carbons (Fsp3) is 0.529. The van der Waals surface area contributed by atoms with E-state index in [0.29, 0.717) is 30.8 Å². The number of hydrogen-bond acceptors (Lipinski definition) is 5. The van der Waals surface area contributed by atoms with Gasteiger partial charge in [0.15, 0.2) is 6.61 Å². The van der Waals surface area contributed by atoms with E-state index >= 15 is 0 Å². The molecular formula is C17H19F3N2O4. The molecule has 26 heavy (non-hydrogen) atoms. The Hall–Kier alpha value is -2.29. The second-order valence-corrected chi connectivity index (χ2v) is 6.28. The van der Waals surface area contributed by atoms with Gasteiger partial charge in [-0.2, -0.15) is 23.3 Å². The highest BCUT2D eigenvalue weighted by atomic mass is 19.4. The molecule has 1 aliphatic heterocycles. The number of amides is 1. The first-order valence-electron chi connectivity index (χ1n) is 8.23. The molecule has 2 aliphatic rings. The summed E-state index contributed by atoms with van der Waals surface area (Å²) >= 11 is 0. The minimum atomic E-state index is -5.02. The van der Waals surface area contributed by atoms with E-state index in [1.165, 1.54) is 19.2 Å². The first kappa shape index (κ1) is 18.5. The molecule has 1 aromatic rings. The maximum atomic E-state index is 13.6. The van der Waals surface area contributed by atoms with Crippen molar-refractivity contribution in [3.05, 3.63) is 24.3 Å². The maximum Gasteiger partial charge on any atom is 0.439 e. The minimum absolute atomic E-state index is 0.137. The quantitative estimate of drug-likeness (QED) is 0.882. The van der Waals surface area contributed by atoms with Crippen molar-refractivity contribution in [1.82, 2.24) is 5.01 Å². The Morgan fingerprint density at radius 3 is 2.58 bits per heavy atom. The lowest BCUT2D eigenvalue weighted by Crippen LogP contribution is -2.62. The average Bonchev–Trinajstić information content (AvgIpc) is 2.94. The van der Waals surface area contributed by atoms with Crippen molar-refractivity contribution < 1.29 is 32.5 Å². The Balaban J connectivity index is 1.76. The number of aliphatic hydroxyl groups is 1. The fourth-order valence-corrected chi connectivity index (χ4v) is 3.34. The first-order chi connectivity index (χ1) is 12.3. The van der Waals surface area contributed by atoms with Crippen LogP contribution in [0.2, 0.25) is 0 Å². The number of hydrazone groups is 1. The fourth-order valence-electron chi connectivity index (χ4n) is 3.34. The number of rotatable bonds is 4. The summed E-state index contributed by atoms with van der Waals surface area (Å²) in [6.07, 6.45) is -3.31. The molecule has 0 bridgehead atoms. The van der Waals surface area contributed by atoms with E-state index in [-0.39, 0.29) is 17.1 Å². The zero-order valence-corrected chi connectivity index (χ0v) is 14.1. The molecule has 1 heterocycles. The summed E-state index contributed by atoms with van der Waals surface area (Å²) in [5.41, 5.74) is -3.10. The number of nitrogens with zero attached hydrogens (tertiary/aromatic N) is 2. The molecule has 1 N–H and O–H groups in total. The van der Waals surface area contributed by atoms with Crippen molar-refractivity contribution in [3.63, 3.8) is 0 Å². The molecule has 0 unspecified atom stereocenters. The lowest BCUT2D eigenvalue weighted by Gasteiger charge is -2.38. The molecule has 1 saturated carbocycles. The van der Waals surface area contributed by atoms with Crippen molar-refractivity contribution in [2.75, 3.05) is 13.7 Å². The van der Waals surface area contributed by atoms with Crippen LogP contribution in [-0.2, 0) is 4.79 Å². The smallest absolute Gasteiger partial charge is 0.439 e. The van der Waals surface area contributed by atoms with Gasteiger partial charge in [-0.05, 0) is 43.5 Å². The number of alkyl halides is 3. The van der Waals surface area contributed by atoms with Crippen LogP contribution in [0.5, 0.6) is 11.5 Å². The summed E-state index contributed by atoms with van der Waals surface area (Å²) in [5.74, 6) is -1.41. The van der Waals surface area contributed by atoms with Gasteiger partial charge in [-0.1, -0.05) is 6.42 Å². The van der Waals surface area contributed by atoms with Gasteiger partial charge in [0.05, 0.1) is 13.0 Å². The SMILES string of the molecule is COc1ccc(OCC(=O)N2N=C3CCCC[C@H]3[C@]2(O)C(F)(F)F)cc1. The van der Waals surface area contributed by atoms with Gasteiger partial charge in [-0.15, -0.1) is 0 Å². The molecule has 1 aliphatic carbocycles. The molecule has 9 heteroatoms. The van der Waals surface area contributed by atoms with E-state index in [1.54, 1.807) is 12.1 Å². The van der Waals surface area contributed by atoms with Crippen LogP contribution in [-0.4, -0.2) is 47.4 Å². The van der Waals surface area contributed by atoms with Gasteiger partial charge in [0.25, 0.3) is 11.6 Å². The van der Waals surface area contributed by atoms with Crippen molar-refractivity contribution in [2.24, 2.45) is 11.0 Å². The normalized spacial score (nSPS) is 25.5. The van der Waals surface area contributed by atoms with E-state index in [4.69, 9.17) is 9.47 Å². The largest absolute Gasteiger partial charge is 0.497 e.